The van der Waals surface area contributed by atoms with Gasteiger partial charge in [0.05, 0.1) is 36.6 Å². The summed E-state index contributed by atoms with van der Waals surface area (Å²) in [4.78, 5) is 10.9. The van der Waals surface area contributed by atoms with Gasteiger partial charge in [0.1, 0.15) is 12.8 Å². The summed E-state index contributed by atoms with van der Waals surface area (Å²) < 4.78 is 29.1. The molecule has 3 atom stereocenters. The first kappa shape index (κ1) is 33.3. The summed E-state index contributed by atoms with van der Waals surface area (Å²) in [6.45, 7) is 26.6. The molecule has 0 bridgehead atoms. The summed E-state index contributed by atoms with van der Waals surface area (Å²) in [6.07, 6.45) is 2.43. The zero-order chi connectivity index (χ0) is 26.8. The second-order valence-corrected chi connectivity index (χ2v) is 12.0. The third-order valence-electron chi connectivity index (χ3n) is 7.14. The van der Waals surface area contributed by atoms with E-state index in [0.717, 1.165) is 19.3 Å². The van der Waals surface area contributed by atoms with Crippen molar-refractivity contribution in [2.75, 3.05) is 26.4 Å². The summed E-state index contributed by atoms with van der Waals surface area (Å²) in [6, 6.07) is 0. The minimum absolute atomic E-state index is 0.0135. The highest BCUT2D eigenvalue weighted by Crippen LogP contribution is 2.40. The van der Waals surface area contributed by atoms with E-state index in [9.17, 15) is 4.79 Å². The molecule has 0 saturated carbocycles. The first-order valence-corrected chi connectivity index (χ1v) is 12.8. The van der Waals surface area contributed by atoms with Crippen LogP contribution in [0.2, 0.25) is 0 Å². The fourth-order valence-electron chi connectivity index (χ4n) is 3.58. The summed E-state index contributed by atoms with van der Waals surface area (Å²) in [5.74, 6) is -0.292. The van der Waals surface area contributed by atoms with Crippen LogP contribution in [0.4, 0.5) is 0 Å². The van der Waals surface area contributed by atoms with Crippen molar-refractivity contribution in [1.29, 1.82) is 0 Å². The van der Waals surface area contributed by atoms with Gasteiger partial charge in [-0.1, -0.05) is 27.7 Å². The molecule has 0 aromatic carbocycles. The molecule has 0 fully saturated rings. The second kappa shape index (κ2) is 14.1. The predicted octanol–water partition coefficient (Wildman–Crippen LogP) is 5.48. The van der Waals surface area contributed by atoms with E-state index in [-0.39, 0.29) is 53.0 Å². The Morgan fingerprint density at radius 1 is 0.824 bits per heavy atom. The molecular weight excluding hydrogens is 434 g/mol. The van der Waals surface area contributed by atoms with Crippen molar-refractivity contribution >= 4 is 5.97 Å². The van der Waals surface area contributed by atoms with Gasteiger partial charge in [0.2, 0.25) is 0 Å². The highest BCUT2D eigenvalue weighted by Gasteiger charge is 2.40. The Balaban J connectivity index is 4.67. The van der Waals surface area contributed by atoms with Gasteiger partial charge < -0.3 is 29.4 Å². The topological polar surface area (TPSA) is 89.2 Å². The number of rotatable bonds is 18. The quantitative estimate of drug-likeness (QED) is 0.155. The Hall–Kier alpha value is -0.730. The summed E-state index contributed by atoms with van der Waals surface area (Å²) in [7, 11) is 0. The van der Waals surface area contributed by atoms with Crippen molar-refractivity contribution in [3.63, 3.8) is 0 Å². The first-order valence-electron chi connectivity index (χ1n) is 12.8. The van der Waals surface area contributed by atoms with Crippen molar-refractivity contribution < 1.29 is 28.5 Å². The number of hydrogen-bond donors (Lipinski definition) is 1. The molecule has 0 aromatic heterocycles. The molecule has 7 nitrogen and oxygen atoms in total. The largest absolute Gasteiger partial charge is 0.463 e. The van der Waals surface area contributed by atoms with Crippen LogP contribution in [-0.4, -0.2) is 62.0 Å². The van der Waals surface area contributed by atoms with Crippen molar-refractivity contribution in [3.05, 3.63) is 0 Å². The van der Waals surface area contributed by atoms with Crippen LogP contribution in [0, 0.1) is 10.8 Å². The first-order chi connectivity index (χ1) is 15.3. The number of carbonyl (C=O) groups excluding carboxylic acids is 1. The standard InChI is InChI=1S/C27H55NO6/c1-20(34-21(2)24(5,6)13-15-30-22(3)28)19-25(7,8)27(11,12)33-16-14-26(9,10)32-18-17-31-23(4)29/h20-22H,13-19,28H2,1-12H3. The molecule has 3 unspecified atom stereocenters. The van der Waals surface area contributed by atoms with E-state index in [0.29, 0.717) is 19.8 Å². The zero-order valence-electron chi connectivity index (χ0n) is 24.2. The fraction of sp³-hybridized carbons (Fsp3) is 0.963. The Morgan fingerprint density at radius 3 is 1.94 bits per heavy atom. The van der Waals surface area contributed by atoms with E-state index in [4.69, 9.17) is 29.4 Å². The molecular formula is C27H55NO6. The number of ether oxygens (including phenoxy) is 5. The highest BCUT2D eigenvalue weighted by molar-refractivity contribution is 5.65. The maximum Gasteiger partial charge on any atom is 0.302 e. The maximum atomic E-state index is 10.9. The summed E-state index contributed by atoms with van der Waals surface area (Å²) >= 11 is 0. The van der Waals surface area contributed by atoms with Crippen molar-refractivity contribution in [2.24, 2.45) is 16.6 Å². The van der Waals surface area contributed by atoms with Crippen LogP contribution in [-0.2, 0) is 28.5 Å². The lowest BCUT2D eigenvalue weighted by Gasteiger charge is -2.44. The van der Waals surface area contributed by atoms with E-state index in [2.05, 4.69) is 55.4 Å². The molecule has 7 heteroatoms. The minimum atomic E-state index is -0.358. The SMILES string of the molecule is CC(=O)OCCOC(C)(C)CCOC(C)(C)C(C)(C)CC(C)OC(C)C(C)(C)CCOC(C)N. The highest BCUT2D eigenvalue weighted by atomic mass is 16.6. The van der Waals surface area contributed by atoms with Crippen LogP contribution in [0.3, 0.4) is 0 Å². The molecule has 0 aliphatic rings. The second-order valence-electron chi connectivity index (χ2n) is 12.0. The van der Waals surface area contributed by atoms with Gasteiger partial charge in [-0.05, 0) is 78.6 Å². The van der Waals surface area contributed by atoms with Gasteiger partial charge in [-0.3, -0.25) is 4.79 Å². The van der Waals surface area contributed by atoms with Crippen LogP contribution < -0.4 is 5.73 Å². The van der Waals surface area contributed by atoms with Gasteiger partial charge in [-0.25, -0.2) is 0 Å². The molecule has 0 heterocycles. The molecule has 204 valence electrons. The number of nitrogens with two attached hydrogens (primary N) is 1. The third-order valence-corrected chi connectivity index (χ3v) is 7.14. The Kier molecular flexibility index (Phi) is 13.8. The molecule has 34 heavy (non-hydrogen) atoms. The van der Waals surface area contributed by atoms with Gasteiger partial charge in [0.15, 0.2) is 0 Å². The number of esters is 1. The van der Waals surface area contributed by atoms with Crippen molar-refractivity contribution in [2.45, 2.75) is 132 Å². The Morgan fingerprint density at radius 2 is 1.41 bits per heavy atom. The van der Waals surface area contributed by atoms with E-state index < -0.39 is 0 Å². The van der Waals surface area contributed by atoms with Crippen molar-refractivity contribution in [3.8, 4) is 0 Å². The molecule has 0 radical (unpaired) electrons. The van der Waals surface area contributed by atoms with Crippen LogP contribution >= 0.6 is 0 Å². The molecule has 0 aliphatic heterocycles. The average molecular weight is 490 g/mol. The van der Waals surface area contributed by atoms with Gasteiger partial charge in [0, 0.05) is 13.5 Å². The fourth-order valence-corrected chi connectivity index (χ4v) is 3.58. The molecule has 2 N–H and O–H groups in total. The summed E-state index contributed by atoms with van der Waals surface area (Å²) in [5, 5.41) is 0. The van der Waals surface area contributed by atoms with Gasteiger partial charge in [-0.15, -0.1) is 0 Å². The van der Waals surface area contributed by atoms with Crippen LogP contribution in [0.15, 0.2) is 0 Å². The summed E-state index contributed by atoms with van der Waals surface area (Å²) in [5.41, 5.74) is 4.88. The molecule has 0 aromatic rings. The van der Waals surface area contributed by atoms with Crippen LogP contribution in [0.5, 0.6) is 0 Å². The van der Waals surface area contributed by atoms with Gasteiger partial charge in [0.25, 0.3) is 0 Å². The molecule has 0 saturated heterocycles. The average Bonchev–Trinajstić information content (AvgIpc) is 2.63. The van der Waals surface area contributed by atoms with Gasteiger partial charge >= 0.3 is 5.97 Å². The number of carbonyl (C=O) groups is 1. The molecule has 0 amide bonds. The Bertz CT molecular complexity index is 586. The minimum Gasteiger partial charge on any atom is -0.463 e. The monoisotopic (exact) mass is 489 g/mol. The van der Waals surface area contributed by atoms with E-state index in [1.807, 2.05) is 20.8 Å². The Labute approximate surface area is 209 Å². The predicted molar refractivity (Wildman–Crippen MR) is 138 cm³/mol. The third kappa shape index (κ3) is 13.4. The lowest BCUT2D eigenvalue weighted by molar-refractivity contribution is -0.149. The number of hydrogen-bond acceptors (Lipinski definition) is 7. The lowest BCUT2D eigenvalue weighted by atomic mass is 9.73. The molecule has 0 rings (SSSR count). The van der Waals surface area contributed by atoms with E-state index >= 15 is 0 Å². The van der Waals surface area contributed by atoms with Crippen LogP contribution in [0.1, 0.15) is 102 Å². The molecule has 0 spiro atoms. The molecule has 0 aliphatic carbocycles. The van der Waals surface area contributed by atoms with Gasteiger partial charge in [-0.2, -0.15) is 0 Å². The maximum absolute atomic E-state index is 10.9. The van der Waals surface area contributed by atoms with E-state index in [1.54, 1.807) is 0 Å². The normalized spacial score (nSPS) is 16.3. The smallest absolute Gasteiger partial charge is 0.302 e. The van der Waals surface area contributed by atoms with Crippen molar-refractivity contribution in [1.82, 2.24) is 0 Å². The lowest BCUT2D eigenvalue weighted by Crippen LogP contribution is -2.45. The van der Waals surface area contributed by atoms with E-state index in [1.165, 1.54) is 6.92 Å². The zero-order valence-corrected chi connectivity index (χ0v) is 24.2. The van der Waals surface area contributed by atoms with Crippen LogP contribution in [0.25, 0.3) is 0 Å².